The van der Waals surface area contributed by atoms with Gasteiger partial charge in [-0.25, -0.2) is 0 Å². The first-order valence-corrected chi connectivity index (χ1v) is 20.7. The van der Waals surface area contributed by atoms with Crippen molar-refractivity contribution in [3.05, 3.63) is 133 Å². The first kappa shape index (κ1) is 35.9. The van der Waals surface area contributed by atoms with Crippen LogP contribution in [0.5, 0.6) is 0 Å². The molecule has 7 aliphatic heterocycles. The summed E-state index contributed by atoms with van der Waals surface area (Å²) in [6.07, 6.45) is 23.8. The van der Waals surface area contributed by atoms with Crippen molar-refractivity contribution in [3.8, 4) is 0 Å². The summed E-state index contributed by atoms with van der Waals surface area (Å²) in [7, 11) is 0. The Kier molecular flexibility index (Phi) is 10.1. The topological polar surface area (TPSA) is 60.2 Å². The van der Waals surface area contributed by atoms with Crippen molar-refractivity contribution in [3.63, 3.8) is 0 Å². The van der Waals surface area contributed by atoms with E-state index >= 15 is 0 Å². The minimum Gasteiger partial charge on any atom is -0.371 e. The molecule has 0 unspecified atom stereocenters. The number of aliphatic imine (C=N–C) groups is 2. The maximum atomic E-state index is 10.8. The van der Waals surface area contributed by atoms with Crippen LogP contribution in [0.4, 0.5) is 17.1 Å². The molecule has 0 aliphatic carbocycles. The Morgan fingerprint density at radius 3 is 1.05 bits per heavy atom. The third kappa shape index (κ3) is 7.21. The van der Waals surface area contributed by atoms with E-state index in [4.69, 9.17) is 13.1 Å². The van der Waals surface area contributed by atoms with E-state index in [-0.39, 0.29) is 11.6 Å². The lowest BCUT2D eigenvalue weighted by Crippen LogP contribution is -2.34. The lowest BCUT2D eigenvalue weighted by Gasteiger charge is -2.37. The van der Waals surface area contributed by atoms with Crippen LogP contribution in [0.2, 0.25) is 0 Å². The van der Waals surface area contributed by atoms with Crippen molar-refractivity contribution in [2.75, 3.05) is 54.0 Å². The SMILES string of the molecule is O=Cc1cc2c3c(c1)CCCN3CCC2.[C-]#[N+]C1=C([N+]#[C-])N=C(C=Cc2cc3c4c(c2)CCCN4CCC3)CC(C=Cc2cc3c4c(c2)CCCN4CCC3)=N1. The van der Waals surface area contributed by atoms with Crippen molar-refractivity contribution in [1.82, 2.24) is 0 Å². The van der Waals surface area contributed by atoms with Crippen molar-refractivity contribution in [2.45, 2.75) is 83.5 Å². The van der Waals surface area contributed by atoms with Gasteiger partial charge in [0, 0.05) is 61.9 Å². The van der Waals surface area contributed by atoms with E-state index in [1.165, 1.54) is 139 Å². The zero-order valence-corrected chi connectivity index (χ0v) is 32.3. The Hall–Kier alpha value is -5.73. The van der Waals surface area contributed by atoms with Crippen LogP contribution in [-0.4, -0.2) is 57.0 Å². The highest BCUT2D eigenvalue weighted by atomic mass is 16.1. The molecule has 0 radical (unpaired) electrons. The third-order valence-electron chi connectivity index (χ3n) is 12.4. The summed E-state index contributed by atoms with van der Waals surface area (Å²) in [5.74, 6) is 0.134. The Balaban J connectivity index is 0.000000227. The highest BCUT2D eigenvalue weighted by Gasteiger charge is 2.27. The number of aryl methyl sites for hydroxylation is 6. The molecule has 10 rings (SSSR count). The van der Waals surface area contributed by atoms with Gasteiger partial charge in [0.25, 0.3) is 11.6 Å². The normalized spacial score (nSPS) is 19.4. The molecule has 8 heteroatoms. The molecule has 3 aromatic carbocycles. The minimum atomic E-state index is 0.0672. The minimum absolute atomic E-state index is 0.0672. The highest BCUT2D eigenvalue weighted by Crippen LogP contribution is 2.39. The second-order valence-electron chi connectivity index (χ2n) is 16.2. The molecule has 0 saturated carbocycles. The molecule has 0 saturated heterocycles. The van der Waals surface area contributed by atoms with Gasteiger partial charge in [-0.2, -0.15) is 0 Å². The Bertz CT molecular complexity index is 2110. The van der Waals surface area contributed by atoms with E-state index in [1.807, 2.05) is 12.2 Å². The quantitative estimate of drug-likeness (QED) is 0.194. The summed E-state index contributed by atoms with van der Waals surface area (Å²) in [5, 5.41) is 0. The molecule has 0 spiro atoms. The average Bonchev–Trinajstić information content (AvgIpc) is 3.41. The van der Waals surface area contributed by atoms with Gasteiger partial charge < -0.3 is 24.4 Å². The fourth-order valence-corrected chi connectivity index (χ4v) is 10.1. The summed E-state index contributed by atoms with van der Waals surface area (Å²) in [6, 6.07) is 13.4. The van der Waals surface area contributed by atoms with Gasteiger partial charge in [0.2, 0.25) is 0 Å². The van der Waals surface area contributed by atoms with Crippen molar-refractivity contribution >= 4 is 46.9 Å². The molecule has 8 nitrogen and oxygen atoms in total. The molecule has 0 amide bonds. The van der Waals surface area contributed by atoms with Gasteiger partial charge in [-0.05, 0) is 170 Å². The number of hydrogen-bond acceptors (Lipinski definition) is 6. The van der Waals surface area contributed by atoms with E-state index in [9.17, 15) is 4.79 Å². The number of nitrogens with zero attached hydrogens (tertiary/aromatic N) is 7. The zero-order chi connectivity index (χ0) is 38.0. The standard InChI is InChI=1S/C35H34N6.C13H15NO/c1-36-34-35(37-2)39-31(14-12-25-21-28-9-5-17-41-18-6-10-29(22-25)33(28)41)23-30(38-34)13-11-24-19-26-7-3-15-40-16-4-8-27(20-24)32(26)40;15-9-10-7-11-3-1-5-14-6-2-4-12(8-10)13(11)14/h11-14,19-22H,3-10,15-18,23H2;7-9H,1-6H2. The van der Waals surface area contributed by atoms with Crippen LogP contribution in [0.15, 0.2) is 70.2 Å². The molecule has 0 bridgehead atoms. The van der Waals surface area contributed by atoms with Crippen LogP contribution in [0, 0.1) is 13.1 Å². The molecular formula is C48H49N7O. The second-order valence-corrected chi connectivity index (χ2v) is 16.2. The van der Waals surface area contributed by atoms with Crippen LogP contribution in [-0.2, 0) is 38.5 Å². The number of rotatable bonds is 5. The van der Waals surface area contributed by atoms with Crippen molar-refractivity contribution in [2.24, 2.45) is 9.98 Å². The summed E-state index contributed by atoms with van der Waals surface area (Å²) in [6.45, 7) is 22.4. The van der Waals surface area contributed by atoms with Gasteiger partial charge in [0.1, 0.15) is 17.7 Å². The molecule has 7 heterocycles. The highest BCUT2D eigenvalue weighted by molar-refractivity contribution is 6.16. The molecule has 56 heavy (non-hydrogen) atoms. The molecule has 282 valence electrons. The van der Waals surface area contributed by atoms with Gasteiger partial charge in [-0.3, -0.25) is 4.79 Å². The van der Waals surface area contributed by atoms with E-state index in [1.54, 1.807) is 0 Å². The Morgan fingerprint density at radius 1 is 0.464 bits per heavy atom. The number of carbonyl (C=O) groups is 1. The van der Waals surface area contributed by atoms with Gasteiger partial charge in [0.15, 0.2) is 0 Å². The third-order valence-corrected chi connectivity index (χ3v) is 12.4. The van der Waals surface area contributed by atoms with Crippen LogP contribution in [0.25, 0.3) is 21.8 Å². The Morgan fingerprint density at radius 2 is 0.768 bits per heavy atom. The molecular weight excluding hydrogens is 691 g/mol. The second kappa shape index (κ2) is 15.8. The first-order chi connectivity index (χ1) is 27.6. The number of allylic oxidation sites excluding steroid dienone is 2. The number of benzene rings is 3. The number of anilines is 3. The number of hydrogen-bond donors (Lipinski definition) is 0. The van der Waals surface area contributed by atoms with Crippen molar-refractivity contribution in [1.29, 1.82) is 0 Å². The van der Waals surface area contributed by atoms with Crippen LogP contribution in [0.3, 0.4) is 0 Å². The van der Waals surface area contributed by atoms with Gasteiger partial charge in [-0.15, -0.1) is 9.98 Å². The lowest BCUT2D eigenvalue weighted by atomic mass is 9.90. The van der Waals surface area contributed by atoms with E-state index in [2.05, 4.69) is 82.9 Å². The first-order valence-electron chi connectivity index (χ1n) is 20.7. The van der Waals surface area contributed by atoms with E-state index < -0.39 is 0 Å². The van der Waals surface area contributed by atoms with Crippen LogP contribution < -0.4 is 14.7 Å². The summed E-state index contributed by atoms with van der Waals surface area (Å²) < 4.78 is 0. The fourth-order valence-electron chi connectivity index (χ4n) is 10.1. The fraction of sp³-hybridized carbons (Fsp3) is 0.396. The molecule has 0 atom stereocenters. The monoisotopic (exact) mass is 739 g/mol. The largest absolute Gasteiger partial charge is 0.371 e. The predicted molar refractivity (Wildman–Crippen MR) is 229 cm³/mol. The molecule has 0 aromatic heterocycles. The summed E-state index contributed by atoms with van der Waals surface area (Å²) in [5.41, 5.74) is 17.7. The van der Waals surface area contributed by atoms with Crippen LogP contribution >= 0.6 is 0 Å². The van der Waals surface area contributed by atoms with Crippen molar-refractivity contribution < 1.29 is 4.79 Å². The molecule has 0 fully saturated rings. The number of carbonyl (C=O) groups excluding carboxylic acids is 1. The number of aldehydes is 1. The Labute approximate surface area is 331 Å². The van der Waals surface area contributed by atoms with Gasteiger partial charge in [0.05, 0.1) is 6.42 Å². The van der Waals surface area contributed by atoms with E-state index in [0.29, 0.717) is 6.42 Å². The summed E-state index contributed by atoms with van der Waals surface area (Å²) >= 11 is 0. The van der Waals surface area contributed by atoms with Gasteiger partial charge in [-0.1, -0.05) is 25.3 Å². The molecule has 3 aromatic rings. The van der Waals surface area contributed by atoms with Gasteiger partial charge >= 0.3 is 0 Å². The smallest absolute Gasteiger partial charge is 0.293 e. The maximum Gasteiger partial charge on any atom is 0.293 e. The average molecular weight is 740 g/mol. The lowest BCUT2D eigenvalue weighted by molar-refractivity contribution is 0.112. The predicted octanol–water partition coefficient (Wildman–Crippen LogP) is 9.26. The summed E-state index contributed by atoms with van der Waals surface area (Å²) in [4.78, 5) is 34.8. The maximum absolute atomic E-state index is 10.8. The molecule has 7 aliphatic rings. The molecule has 0 N–H and O–H groups in total. The van der Waals surface area contributed by atoms with E-state index in [0.717, 1.165) is 61.8 Å². The van der Waals surface area contributed by atoms with Crippen LogP contribution in [0.1, 0.15) is 99.8 Å². The zero-order valence-electron chi connectivity index (χ0n) is 32.3.